The molecule has 0 aromatic rings. The zero-order valence-electron chi connectivity index (χ0n) is 10.9. The topological polar surface area (TPSA) is 39.1 Å². The summed E-state index contributed by atoms with van der Waals surface area (Å²) >= 11 is 0. The first-order valence-corrected chi connectivity index (χ1v) is 6.55. The Bertz CT molecular complexity index is 236. The number of nitrogens with one attached hydrogen (secondary N) is 1. The standard InChI is InChI=1S/C13H25N3/c1-4-13(11-14,15-3)9-6-10-16(5-2)12-7-8-12/h12,15H,4-10H2,1-3H3. The van der Waals surface area contributed by atoms with E-state index in [4.69, 9.17) is 0 Å². The van der Waals surface area contributed by atoms with Crippen molar-refractivity contribution in [1.29, 1.82) is 5.26 Å². The summed E-state index contributed by atoms with van der Waals surface area (Å²) in [6.45, 7) is 6.61. The summed E-state index contributed by atoms with van der Waals surface area (Å²) in [6, 6.07) is 3.27. The maximum atomic E-state index is 9.19. The molecule has 1 N–H and O–H groups in total. The number of rotatable bonds is 8. The van der Waals surface area contributed by atoms with E-state index >= 15 is 0 Å². The maximum Gasteiger partial charge on any atom is 0.106 e. The molecule has 1 fully saturated rings. The Balaban J connectivity index is 2.29. The van der Waals surface area contributed by atoms with Crippen molar-refractivity contribution in [3.63, 3.8) is 0 Å². The molecule has 0 radical (unpaired) electrons. The zero-order chi connectivity index (χ0) is 12.0. The third-order valence-electron chi connectivity index (χ3n) is 3.81. The van der Waals surface area contributed by atoms with Crippen LogP contribution in [-0.4, -0.2) is 36.6 Å². The summed E-state index contributed by atoms with van der Waals surface area (Å²) in [6.07, 6.45) is 5.70. The van der Waals surface area contributed by atoms with Gasteiger partial charge in [0.1, 0.15) is 5.54 Å². The molecule has 1 atom stereocenters. The van der Waals surface area contributed by atoms with Gasteiger partial charge >= 0.3 is 0 Å². The molecule has 1 rings (SSSR count). The lowest BCUT2D eigenvalue weighted by molar-refractivity contribution is 0.257. The van der Waals surface area contributed by atoms with Gasteiger partial charge in [-0.2, -0.15) is 5.26 Å². The molecule has 3 nitrogen and oxygen atoms in total. The van der Waals surface area contributed by atoms with Crippen molar-refractivity contribution in [3.05, 3.63) is 0 Å². The van der Waals surface area contributed by atoms with Crippen molar-refractivity contribution in [2.75, 3.05) is 20.1 Å². The molecule has 1 aliphatic rings. The van der Waals surface area contributed by atoms with Gasteiger partial charge in [0.05, 0.1) is 6.07 Å². The highest BCUT2D eigenvalue weighted by Gasteiger charge is 2.29. The fraction of sp³-hybridized carbons (Fsp3) is 0.923. The minimum atomic E-state index is -0.303. The van der Waals surface area contributed by atoms with E-state index < -0.39 is 0 Å². The summed E-state index contributed by atoms with van der Waals surface area (Å²) < 4.78 is 0. The van der Waals surface area contributed by atoms with E-state index in [0.29, 0.717) is 0 Å². The molecular weight excluding hydrogens is 198 g/mol. The van der Waals surface area contributed by atoms with Crippen molar-refractivity contribution in [3.8, 4) is 6.07 Å². The Labute approximate surface area is 99.8 Å². The summed E-state index contributed by atoms with van der Waals surface area (Å²) in [5, 5.41) is 12.4. The van der Waals surface area contributed by atoms with Crippen LogP contribution in [0.1, 0.15) is 46.0 Å². The largest absolute Gasteiger partial charge is 0.302 e. The van der Waals surface area contributed by atoms with Crippen molar-refractivity contribution in [1.82, 2.24) is 10.2 Å². The first-order chi connectivity index (χ1) is 7.71. The summed E-state index contributed by atoms with van der Waals surface area (Å²) in [4.78, 5) is 2.55. The van der Waals surface area contributed by atoms with Gasteiger partial charge in [0.2, 0.25) is 0 Å². The monoisotopic (exact) mass is 223 g/mol. The zero-order valence-corrected chi connectivity index (χ0v) is 10.9. The lowest BCUT2D eigenvalue weighted by atomic mass is 9.92. The fourth-order valence-electron chi connectivity index (χ4n) is 2.29. The molecule has 0 bridgehead atoms. The Morgan fingerprint density at radius 2 is 2.12 bits per heavy atom. The molecule has 1 aliphatic carbocycles. The predicted molar refractivity (Wildman–Crippen MR) is 67.2 cm³/mol. The predicted octanol–water partition coefficient (Wildman–Crippen LogP) is 2.14. The van der Waals surface area contributed by atoms with Gasteiger partial charge < -0.3 is 10.2 Å². The molecule has 0 aliphatic heterocycles. The molecule has 1 unspecified atom stereocenters. The molecular formula is C13H25N3. The third kappa shape index (κ3) is 3.47. The van der Waals surface area contributed by atoms with E-state index in [9.17, 15) is 5.26 Å². The number of hydrogen-bond donors (Lipinski definition) is 1. The molecule has 0 heterocycles. The van der Waals surface area contributed by atoms with Crippen LogP contribution >= 0.6 is 0 Å². The van der Waals surface area contributed by atoms with Crippen molar-refractivity contribution < 1.29 is 0 Å². The molecule has 0 saturated heterocycles. The van der Waals surface area contributed by atoms with Gasteiger partial charge in [-0.3, -0.25) is 0 Å². The minimum absolute atomic E-state index is 0.303. The Morgan fingerprint density at radius 3 is 2.50 bits per heavy atom. The van der Waals surface area contributed by atoms with Gasteiger partial charge in [0, 0.05) is 6.04 Å². The molecule has 0 spiro atoms. The molecule has 3 heteroatoms. The normalized spacial score (nSPS) is 19.4. The molecule has 92 valence electrons. The summed E-state index contributed by atoms with van der Waals surface area (Å²) in [5.74, 6) is 0. The Kier molecular flexibility index (Phi) is 5.24. The molecule has 0 amide bonds. The molecule has 16 heavy (non-hydrogen) atoms. The lowest BCUT2D eigenvalue weighted by Gasteiger charge is -2.26. The average Bonchev–Trinajstić information content (AvgIpc) is 3.15. The van der Waals surface area contributed by atoms with Gasteiger partial charge in [0.15, 0.2) is 0 Å². The minimum Gasteiger partial charge on any atom is -0.302 e. The number of nitrogens with zero attached hydrogens (tertiary/aromatic N) is 2. The van der Waals surface area contributed by atoms with E-state index in [1.54, 1.807) is 0 Å². The summed E-state index contributed by atoms with van der Waals surface area (Å²) in [7, 11) is 1.89. The molecule has 1 saturated carbocycles. The average molecular weight is 223 g/mol. The Morgan fingerprint density at radius 1 is 1.44 bits per heavy atom. The third-order valence-corrected chi connectivity index (χ3v) is 3.81. The van der Waals surface area contributed by atoms with Crippen LogP contribution in [0.3, 0.4) is 0 Å². The van der Waals surface area contributed by atoms with E-state index in [1.807, 2.05) is 7.05 Å². The van der Waals surface area contributed by atoms with Gasteiger partial charge in [-0.05, 0) is 52.2 Å². The molecule has 0 aromatic carbocycles. The summed E-state index contributed by atoms with van der Waals surface area (Å²) in [5.41, 5.74) is -0.303. The second kappa shape index (κ2) is 6.22. The molecule has 0 aromatic heterocycles. The second-order valence-corrected chi connectivity index (χ2v) is 4.76. The van der Waals surface area contributed by atoms with Crippen LogP contribution < -0.4 is 5.32 Å². The highest BCUT2D eigenvalue weighted by molar-refractivity contribution is 5.05. The van der Waals surface area contributed by atoms with E-state index in [-0.39, 0.29) is 5.54 Å². The van der Waals surface area contributed by atoms with Gasteiger partial charge in [-0.1, -0.05) is 13.8 Å². The lowest BCUT2D eigenvalue weighted by Crippen LogP contribution is -2.41. The second-order valence-electron chi connectivity index (χ2n) is 4.76. The van der Waals surface area contributed by atoms with Crippen LogP contribution in [0.25, 0.3) is 0 Å². The number of hydrogen-bond acceptors (Lipinski definition) is 3. The highest BCUT2D eigenvalue weighted by atomic mass is 15.2. The van der Waals surface area contributed by atoms with Crippen LogP contribution in [0.15, 0.2) is 0 Å². The van der Waals surface area contributed by atoms with Crippen molar-refractivity contribution in [2.45, 2.75) is 57.5 Å². The quantitative estimate of drug-likeness (QED) is 0.685. The first kappa shape index (κ1) is 13.5. The van der Waals surface area contributed by atoms with Crippen LogP contribution in [-0.2, 0) is 0 Å². The van der Waals surface area contributed by atoms with Gasteiger partial charge in [0.25, 0.3) is 0 Å². The van der Waals surface area contributed by atoms with E-state index in [1.165, 1.54) is 12.8 Å². The van der Waals surface area contributed by atoms with Crippen molar-refractivity contribution >= 4 is 0 Å². The highest BCUT2D eigenvalue weighted by Crippen LogP contribution is 2.27. The number of nitriles is 1. The maximum absolute atomic E-state index is 9.19. The van der Waals surface area contributed by atoms with E-state index in [0.717, 1.165) is 38.4 Å². The van der Waals surface area contributed by atoms with Crippen molar-refractivity contribution in [2.24, 2.45) is 0 Å². The fourth-order valence-corrected chi connectivity index (χ4v) is 2.29. The van der Waals surface area contributed by atoms with Gasteiger partial charge in [-0.15, -0.1) is 0 Å². The van der Waals surface area contributed by atoms with Gasteiger partial charge in [-0.25, -0.2) is 0 Å². The van der Waals surface area contributed by atoms with Crippen LogP contribution in [0.2, 0.25) is 0 Å². The van der Waals surface area contributed by atoms with Crippen LogP contribution in [0.4, 0.5) is 0 Å². The van der Waals surface area contributed by atoms with E-state index in [2.05, 4.69) is 30.1 Å². The van der Waals surface area contributed by atoms with Crippen LogP contribution in [0.5, 0.6) is 0 Å². The first-order valence-electron chi connectivity index (χ1n) is 6.55. The SMILES string of the molecule is CCN(CCCC(C#N)(CC)NC)C1CC1. The smallest absolute Gasteiger partial charge is 0.106 e. The Hall–Kier alpha value is -0.590. The van der Waals surface area contributed by atoms with Crippen LogP contribution in [0, 0.1) is 11.3 Å².